The van der Waals surface area contributed by atoms with Gasteiger partial charge in [-0.2, -0.15) is 0 Å². The standard InChI is InChI=1S/C11H21NO/c12-8-10(11-6-7-13-11)9-4-2-1-3-5-9/h9-11H,1-8,12H2. The molecule has 2 N–H and O–H groups in total. The van der Waals surface area contributed by atoms with Gasteiger partial charge in [0.25, 0.3) is 0 Å². The Morgan fingerprint density at radius 2 is 1.85 bits per heavy atom. The summed E-state index contributed by atoms with van der Waals surface area (Å²) < 4.78 is 5.56. The Hall–Kier alpha value is -0.0800. The molecule has 2 aliphatic rings. The average molecular weight is 183 g/mol. The van der Waals surface area contributed by atoms with Crippen LogP contribution in [-0.4, -0.2) is 19.3 Å². The fourth-order valence-electron chi connectivity index (χ4n) is 2.80. The highest BCUT2D eigenvalue weighted by Crippen LogP contribution is 2.35. The lowest BCUT2D eigenvalue weighted by atomic mass is 9.76. The lowest BCUT2D eigenvalue weighted by molar-refractivity contribution is -0.0989. The van der Waals surface area contributed by atoms with Gasteiger partial charge in [-0.15, -0.1) is 0 Å². The van der Waals surface area contributed by atoms with Crippen LogP contribution in [0, 0.1) is 11.8 Å². The summed E-state index contributed by atoms with van der Waals surface area (Å²) >= 11 is 0. The highest BCUT2D eigenvalue weighted by atomic mass is 16.5. The lowest BCUT2D eigenvalue weighted by Gasteiger charge is -2.39. The van der Waals surface area contributed by atoms with Crippen LogP contribution in [0.2, 0.25) is 0 Å². The first-order chi connectivity index (χ1) is 6.42. The average Bonchev–Trinajstić information content (AvgIpc) is 2.12. The topological polar surface area (TPSA) is 35.2 Å². The lowest BCUT2D eigenvalue weighted by Crippen LogP contribution is -2.42. The molecule has 1 heterocycles. The molecule has 0 aromatic heterocycles. The predicted octanol–water partition coefficient (Wildman–Crippen LogP) is 1.93. The van der Waals surface area contributed by atoms with E-state index in [1.165, 1.54) is 38.5 Å². The second-order valence-corrected chi connectivity index (χ2v) is 4.50. The van der Waals surface area contributed by atoms with Crippen molar-refractivity contribution in [3.8, 4) is 0 Å². The summed E-state index contributed by atoms with van der Waals surface area (Å²) in [5.74, 6) is 1.53. The fourth-order valence-corrected chi connectivity index (χ4v) is 2.80. The van der Waals surface area contributed by atoms with Crippen LogP contribution >= 0.6 is 0 Å². The SMILES string of the molecule is NCC(C1CCCCC1)C1CCO1. The van der Waals surface area contributed by atoms with Crippen molar-refractivity contribution in [2.75, 3.05) is 13.2 Å². The second-order valence-electron chi connectivity index (χ2n) is 4.50. The summed E-state index contributed by atoms with van der Waals surface area (Å²) in [5, 5.41) is 0. The van der Waals surface area contributed by atoms with E-state index in [4.69, 9.17) is 10.5 Å². The van der Waals surface area contributed by atoms with Crippen molar-refractivity contribution >= 4 is 0 Å². The van der Waals surface area contributed by atoms with Crippen LogP contribution in [0.1, 0.15) is 38.5 Å². The van der Waals surface area contributed by atoms with E-state index in [-0.39, 0.29) is 0 Å². The maximum absolute atomic E-state index is 5.83. The maximum atomic E-state index is 5.83. The zero-order chi connectivity index (χ0) is 9.10. The molecule has 2 heteroatoms. The normalized spacial score (nSPS) is 32.5. The van der Waals surface area contributed by atoms with Crippen LogP contribution in [-0.2, 0) is 4.74 Å². The van der Waals surface area contributed by atoms with Crippen LogP contribution in [0.3, 0.4) is 0 Å². The third-order valence-corrected chi connectivity index (χ3v) is 3.74. The summed E-state index contributed by atoms with van der Waals surface area (Å²) in [5.41, 5.74) is 5.83. The van der Waals surface area contributed by atoms with E-state index < -0.39 is 0 Å². The van der Waals surface area contributed by atoms with Crippen molar-refractivity contribution in [1.82, 2.24) is 0 Å². The number of ether oxygens (including phenoxy) is 1. The van der Waals surface area contributed by atoms with Gasteiger partial charge in [0, 0.05) is 12.5 Å². The molecule has 1 saturated heterocycles. The summed E-state index contributed by atoms with van der Waals surface area (Å²) in [4.78, 5) is 0. The van der Waals surface area contributed by atoms with Crippen LogP contribution < -0.4 is 5.73 Å². The Kier molecular flexibility index (Phi) is 3.23. The zero-order valence-electron chi connectivity index (χ0n) is 8.37. The highest BCUT2D eigenvalue weighted by Gasteiger charge is 2.33. The number of nitrogens with two attached hydrogens (primary N) is 1. The molecule has 0 aromatic rings. The molecule has 2 rings (SSSR count). The minimum atomic E-state index is 0.507. The van der Waals surface area contributed by atoms with E-state index in [1.54, 1.807) is 0 Å². The smallest absolute Gasteiger partial charge is 0.0639 e. The summed E-state index contributed by atoms with van der Waals surface area (Å²) in [7, 11) is 0. The molecule has 1 aliphatic carbocycles. The van der Waals surface area contributed by atoms with E-state index in [9.17, 15) is 0 Å². The third kappa shape index (κ3) is 2.05. The second kappa shape index (κ2) is 4.43. The van der Waals surface area contributed by atoms with Crippen LogP contribution in [0.15, 0.2) is 0 Å². The monoisotopic (exact) mass is 183 g/mol. The molecule has 0 aromatic carbocycles. The van der Waals surface area contributed by atoms with Gasteiger partial charge in [0.15, 0.2) is 0 Å². The Morgan fingerprint density at radius 1 is 1.15 bits per heavy atom. The molecule has 2 fully saturated rings. The molecular formula is C11H21NO. The number of hydrogen-bond acceptors (Lipinski definition) is 2. The molecule has 76 valence electrons. The highest BCUT2D eigenvalue weighted by molar-refractivity contribution is 4.84. The molecule has 13 heavy (non-hydrogen) atoms. The number of hydrogen-bond donors (Lipinski definition) is 1. The fraction of sp³-hybridized carbons (Fsp3) is 1.00. The quantitative estimate of drug-likeness (QED) is 0.725. The third-order valence-electron chi connectivity index (χ3n) is 3.74. The van der Waals surface area contributed by atoms with E-state index in [0.29, 0.717) is 12.0 Å². The largest absolute Gasteiger partial charge is 0.378 e. The van der Waals surface area contributed by atoms with E-state index in [0.717, 1.165) is 19.1 Å². The van der Waals surface area contributed by atoms with Gasteiger partial charge in [0.2, 0.25) is 0 Å². The molecule has 0 spiro atoms. The Bertz CT molecular complexity index is 150. The van der Waals surface area contributed by atoms with Gasteiger partial charge in [-0.1, -0.05) is 32.1 Å². The van der Waals surface area contributed by atoms with E-state index in [1.807, 2.05) is 0 Å². The minimum Gasteiger partial charge on any atom is -0.378 e. The summed E-state index contributed by atoms with van der Waals surface area (Å²) in [6.45, 7) is 1.79. The molecule has 1 aliphatic heterocycles. The van der Waals surface area contributed by atoms with Gasteiger partial charge in [-0.25, -0.2) is 0 Å². The van der Waals surface area contributed by atoms with Crippen molar-refractivity contribution in [2.45, 2.75) is 44.6 Å². The van der Waals surface area contributed by atoms with Gasteiger partial charge >= 0.3 is 0 Å². The molecular weight excluding hydrogens is 162 g/mol. The van der Waals surface area contributed by atoms with E-state index in [2.05, 4.69) is 0 Å². The van der Waals surface area contributed by atoms with Crippen LogP contribution in [0.25, 0.3) is 0 Å². The Balaban J connectivity index is 1.86. The van der Waals surface area contributed by atoms with Crippen molar-refractivity contribution < 1.29 is 4.74 Å². The van der Waals surface area contributed by atoms with Gasteiger partial charge in [-0.3, -0.25) is 0 Å². The zero-order valence-corrected chi connectivity index (χ0v) is 8.37. The Morgan fingerprint density at radius 3 is 2.31 bits per heavy atom. The van der Waals surface area contributed by atoms with Gasteiger partial charge in [0.1, 0.15) is 0 Å². The molecule has 1 saturated carbocycles. The van der Waals surface area contributed by atoms with E-state index >= 15 is 0 Å². The molecule has 0 radical (unpaired) electrons. The molecule has 2 nitrogen and oxygen atoms in total. The summed E-state index contributed by atoms with van der Waals surface area (Å²) in [6, 6.07) is 0. The van der Waals surface area contributed by atoms with Gasteiger partial charge < -0.3 is 10.5 Å². The molecule has 2 atom stereocenters. The number of rotatable bonds is 3. The van der Waals surface area contributed by atoms with Crippen LogP contribution in [0.4, 0.5) is 0 Å². The molecule has 2 unspecified atom stereocenters. The van der Waals surface area contributed by atoms with Crippen molar-refractivity contribution in [1.29, 1.82) is 0 Å². The minimum absolute atomic E-state index is 0.507. The van der Waals surface area contributed by atoms with Gasteiger partial charge in [-0.05, 0) is 18.9 Å². The molecule has 0 amide bonds. The van der Waals surface area contributed by atoms with Gasteiger partial charge in [0.05, 0.1) is 6.10 Å². The van der Waals surface area contributed by atoms with Crippen molar-refractivity contribution in [2.24, 2.45) is 17.6 Å². The Labute approximate surface area is 80.8 Å². The van der Waals surface area contributed by atoms with Crippen molar-refractivity contribution in [3.63, 3.8) is 0 Å². The maximum Gasteiger partial charge on any atom is 0.0639 e. The molecule has 0 bridgehead atoms. The summed E-state index contributed by atoms with van der Waals surface area (Å²) in [6.07, 6.45) is 8.79. The van der Waals surface area contributed by atoms with Crippen LogP contribution in [0.5, 0.6) is 0 Å². The first-order valence-electron chi connectivity index (χ1n) is 5.73. The predicted molar refractivity (Wildman–Crippen MR) is 53.5 cm³/mol. The van der Waals surface area contributed by atoms with Crippen molar-refractivity contribution in [3.05, 3.63) is 0 Å². The first-order valence-corrected chi connectivity index (χ1v) is 5.73. The first kappa shape index (κ1) is 9.47.